The van der Waals surface area contributed by atoms with E-state index >= 15 is 0 Å². The number of benzene rings is 2. The Balaban J connectivity index is 0.00000176. The van der Waals surface area contributed by atoms with Gasteiger partial charge < -0.3 is 24.0 Å². The van der Waals surface area contributed by atoms with E-state index in [-0.39, 0.29) is 29.8 Å². The quantitative estimate of drug-likeness (QED) is 0.268. The maximum Gasteiger partial charge on any atom is 0.227 e. The van der Waals surface area contributed by atoms with E-state index in [1.807, 2.05) is 65.7 Å². The molecule has 3 aromatic rings. The van der Waals surface area contributed by atoms with Gasteiger partial charge in [-0.25, -0.2) is 0 Å². The van der Waals surface area contributed by atoms with Crippen LogP contribution >= 0.6 is 11.8 Å². The molecule has 0 aliphatic rings. The highest BCUT2D eigenvalue weighted by molar-refractivity contribution is 7.98. The molecule has 1 heterocycles. The van der Waals surface area contributed by atoms with Crippen LogP contribution in [0.5, 0.6) is 0 Å². The molecule has 0 saturated carbocycles. The summed E-state index contributed by atoms with van der Waals surface area (Å²) >= 11 is 1.68. The van der Waals surface area contributed by atoms with Crippen molar-refractivity contribution in [2.75, 3.05) is 6.26 Å². The van der Waals surface area contributed by atoms with E-state index in [2.05, 4.69) is 12.1 Å². The van der Waals surface area contributed by atoms with Crippen molar-refractivity contribution in [3.8, 4) is 0 Å². The monoisotopic (exact) mass is 421 g/mol. The second-order valence-electron chi connectivity index (χ2n) is 4.90. The lowest BCUT2D eigenvalue weighted by Crippen LogP contribution is -3.00. The van der Waals surface area contributed by atoms with E-state index in [1.54, 1.807) is 11.8 Å². The van der Waals surface area contributed by atoms with Gasteiger partial charge in [-0.05, 0) is 29.8 Å². The third-order valence-corrected chi connectivity index (χ3v) is 4.23. The Morgan fingerprint density at radius 1 is 1.00 bits per heavy atom. The van der Waals surface area contributed by atoms with Crippen LogP contribution in [-0.2, 0) is 6.54 Å². The molecule has 0 bridgehead atoms. The number of hydrogen-bond donors (Lipinski definition) is 0. The van der Waals surface area contributed by atoms with Gasteiger partial charge in [0, 0.05) is 21.9 Å². The van der Waals surface area contributed by atoms with E-state index < -0.39 is 0 Å². The zero-order valence-corrected chi connectivity index (χ0v) is 15.2. The average molecular weight is 421 g/mol. The van der Waals surface area contributed by atoms with Gasteiger partial charge in [0.05, 0.1) is 0 Å². The summed E-state index contributed by atoms with van der Waals surface area (Å²) in [4.78, 5) is 13.5. The second kappa shape index (κ2) is 7.74. The van der Waals surface area contributed by atoms with Crippen molar-refractivity contribution in [2.45, 2.75) is 11.4 Å². The first-order chi connectivity index (χ1) is 10.3. The molecule has 0 N–H and O–H groups in total. The maximum atomic E-state index is 12.3. The van der Waals surface area contributed by atoms with Gasteiger partial charge in [-0.3, -0.25) is 4.79 Å². The maximum absolute atomic E-state index is 12.3. The van der Waals surface area contributed by atoms with E-state index in [4.69, 9.17) is 0 Å². The molecule has 0 aliphatic heterocycles. The topological polar surface area (TPSA) is 20.9 Å². The summed E-state index contributed by atoms with van der Waals surface area (Å²) in [6.45, 7) is 0.365. The minimum Gasteiger partial charge on any atom is -1.00 e. The fourth-order valence-electron chi connectivity index (χ4n) is 2.31. The number of nitrogens with zero attached hydrogens (tertiary/aromatic N) is 1. The highest BCUT2D eigenvalue weighted by Crippen LogP contribution is 2.15. The number of pyridine rings is 1. The van der Waals surface area contributed by atoms with Gasteiger partial charge in [-0.15, -0.1) is 11.8 Å². The molecule has 0 amide bonds. The van der Waals surface area contributed by atoms with Crippen LogP contribution in [0, 0.1) is 0 Å². The molecule has 1 aromatic heterocycles. The molecule has 0 aliphatic carbocycles. The van der Waals surface area contributed by atoms with Gasteiger partial charge in [-0.1, -0.05) is 30.3 Å². The summed E-state index contributed by atoms with van der Waals surface area (Å²) < 4.78 is 1.94. The molecule has 0 saturated heterocycles. The van der Waals surface area contributed by atoms with Crippen LogP contribution in [0.2, 0.25) is 0 Å². The number of hydrogen-bond acceptors (Lipinski definition) is 2. The zero-order valence-electron chi connectivity index (χ0n) is 12.2. The Hall–Kier alpha value is -1.40. The van der Waals surface area contributed by atoms with Crippen LogP contribution in [0.1, 0.15) is 10.4 Å². The van der Waals surface area contributed by atoms with Crippen molar-refractivity contribution in [3.63, 3.8) is 0 Å². The number of carbonyl (C=O) groups excluding carboxylic acids is 1. The van der Waals surface area contributed by atoms with Crippen LogP contribution in [0.25, 0.3) is 10.8 Å². The van der Waals surface area contributed by atoms with E-state index in [0.717, 1.165) is 10.9 Å². The standard InChI is InChI=1S/C18H16NOS.HI/c1-21-17-8-6-15(7-9-17)18(20)13-19-11-10-14-4-2-3-5-16(14)12-19;/h2-12H,13H2,1H3;1H/q+1;/p-1. The van der Waals surface area contributed by atoms with Gasteiger partial charge >= 0.3 is 0 Å². The first-order valence-electron chi connectivity index (χ1n) is 6.81. The number of carbonyl (C=O) groups is 1. The molecule has 22 heavy (non-hydrogen) atoms. The zero-order chi connectivity index (χ0) is 14.7. The van der Waals surface area contributed by atoms with Crippen molar-refractivity contribution >= 4 is 28.3 Å². The van der Waals surface area contributed by atoms with Gasteiger partial charge in [0.15, 0.2) is 12.4 Å². The van der Waals surface area contributed by atoms with Crippen LogP contribution in [-0.4, -0.2) is 12.0 Å². The van der Waals surface area contributed by atoms with Crippen LogP contribution in [0.15, 0.2) is 71.9 Å². The third kappa shape index (κ3) is 3.87. The van der Waals surface area contributed by atoms with E-state index in [1.165, 1.54) is 10.3 Å². The van der Waals surface area contributed by atoms with Crippen LogP contribution < -0.4 is 28.5 Å². The van der Waals surface area contributed by atoms with Gasteiger partial charge in [0.1, 0.15) is 0 Å². The van der Waals surface area contributed by atoms with Crippen LogP contribution in [0.3, 0.4) is 0 Å². The summed E-state index contributed by atoms with van der Waals surface area (Å²) in [5, 5.41) is 2.33. The SMILES string of the molecule is CSc1ccc(C(=O)C[n+]2ccc3ccccc3c2)cc1.[I-]. The lowest BCUT2D eigenvalue weighted by molar-refractivity contribution is -0.681. The predicted molar refractivity (Wildman–Crippen MR) is 86.7 cm³/mol. The fourth-order valence-corrected chi connectivity index (χ4v) is 2.72. The minimum absolute atomic E-state index is 0. The number of rotatable bonds is 4. The molecular weight excluding hydrogens is 405 g/mol. The van der Waals surface area contributed by atoms with Crippen LogP contribution in [0.4, 0.5) is 0 Å². The molecule has 0 unspecified atom stereocenters. The first kappa shape index (κ1) is 17.0. The number of ketones is 1. The van der Waals surface area contributed by atoms with E-state index in [9.17, 15) is 4.79 Å². The lowest BCUT2D eigenvalue weighted by atomic mass is 10.1. The minimum atomic E-state index is 0. The number of fused-ring (bicyclic) bond motifs is 1. The number of thioether (sulfide) groups is 1. The molecule has 2 nitrogen and oxygen atoms in total. The summed E-state index contributed by atoms with van der Waals surface area (Å²) in [6.07, 6.45) is 6.00. The Morgan fingerprint density at radius 2 is 1.68 bits per heavy atom. The van der Waals surface area contributed by atoms with Gasteiger partial charge in [-0.2, -0.15) is 4.57 Å². The molecule has 2 aromatic carbocycles. The largest absolute Gasteiger partial charge is 1.00 e. The molecule has 3 rings (SSSR count). The number of aromatic nitrogens is 1. The smallest absolute Gasteiger partial charge is 0.227 e. The summed E-state index contributed by atoms with van der Waals surface area (Å²) in [5.74, 6) is 0.128. The average Bonchev–Trinajstić information content (AvgIpc) is 2.55. The molecule has 0 atom stereocenters. The number of halogens is 1. The van der Waals surface area contributed by atoms with Crippen molar-refractivity contribution in [2.24, 2.45) is 0 Å². The summed E-state index contributed by atoms with van der Waals surface area (Å²) in [7, 11) is 0. The molecule has 0 spiro atoms. The molecule has 4 heteroatoms. The molecule has 112 valence electrons. The van der Waals surface area contributed by atoms with Crippen molar-refractivity contribution < 1.29 is 33.3 Å². The second-order valence-corrected chi connectivity index (χ2v) is 5.78. The summed E-state index contributed by atoms with van der Waals surface area (Å²) in [5.41, 5.74) is 0.758. The van der Waals surface area contributed by atoms with Crippen molar-refractivity contribution in [3.05, 3.63) is 72.6 Å². The normalized spacial score (nSPS) is 10.2. The summed E-state index contributed by atoms with van der Waals surface area (Å²) in [6, 6.07) is 18.0. The molecular formula is C18H16INOS. The Labute approximate surface area is 151 Å². The highest BCUT2D eigenvalue weighted by Gasteiger charge is 2.12. The Bertz CT molecular complexity index is 786. The predicted octanol–water partition coefficient (Wildman–Crippen LogP) is 0.736. The van der Waals surface area contributed by atoms with E-state index in [0.29, 0.717) is 6.54 Å². The van der Waals surface area contributed by atoms with Crippen molar-refractivity contribution in [1.82, 2.24) is 0 Å². The molecule has 0 fully saturated rings. The Morgan fingerprint density at radius 3 is 2.36 bits per heavy atom. The fraction of sp³-hybridized carbons (Fsp3) is 0.111. The van der Waals surface area contributed by atoms with Gasteiger partial charge in [0.25, 0.3) is 0 Å². The van der Waals surface area contributed by atoms with Crippen molar-refractivity contribution in [1.29, 1.82) is 0 Å². The third-order valence-electron chi connectivity index (χ3n) is 3.48. The Kier molecular flexibility index (Phi) is 5.97. The highest BCUT2D eigenvalue weighted by atomic mass is 127. The molecule has 0 radical (unpaired) electrons. The number of Topliss-reactive ketones (excluding diaryl/α,β-unsaturated/α-hetero) is 1. The lowest BCUT2D eigenvalue weighted by Gasteiger charge is -2.01. The van der Waals surface area contributed by atoms with Gasteiger partial charge in [0.2, 0.25) is 12.3 Å². The first-order valence-corrected chi connectivity index (χ1v) is 8.04.